The van der Waals surface area contributed by atoms with E-state index in [0.29, 0.717) is 11.4 Å². The molecule has 0 aliphatic heterocycles. The molecule has 0 radical (unpaired) electrons. The zero-order valence-corrected chi connectivity index (χ0v) is 11.2. The van der Waals surface area contributed by atoms with E-state index in [9.17, 15) is 9.59 Å². The van der Waals surface area contributed by atoms with Gasteiger partial charge >= 0.3 is 5.97 Å². The van der Waals surface area contributed by atoms with Gasteiger partial charge in [-0.3, -0.25) is 14.6 Å². The second-order valence-electron chi connectivity index (χ2n) is 5.22. The lowest BCUT2D eigenvalue weighted by Crippen LogP contribution is -2.34. The van der Waals surface area contributed by atoms with Crippen molar-refractivity contribution in [3.05, 3.63) is 24.0 Å². The topological polar surface area (TPSA) is 105 Å². The van der Waals surface area contributed by atoms with Gasteiger partial charge in [0.15, 0.2) is 0 Å². The Morgan fingerprint density at radius 1 is 1.40 bits per heavy atom. The summed E-state index contributed by atoms with van der Waals surface area (Å²) in [6, 6.07) is 3.39. The molecule has 6 nitrogen and oxygen atoms in total. The highest BCUT2D eigenvalue weighted by Crippen LogP contribution is 2.24. The third kappa shape index (κ3) is 4.03. The maximum Gasteiger partial charge on any atom is 0.309 e. The lowest BCUT2D eigenvalue weighted by molar-refractivity contribution is -0.136. The zero-order valence-electron chi connectivity index (χ0n) is 11.2. The van der Waals surface area contributed by atoms with Crippen molar-refractivity contribution in [3.63, 3.8) is 0 Å². The van der Waals surface area contributed by atoms with Crippen LogP contribution in [-0.2, 0) is 16.0 Å². The SMILES string of the molecule is NC1CCCC(C(=O)Nc2ccc(CC(=O)O)nc2)C1. The molecule has 1 aliphatic carbocycles. The summed E-state index contributed by atoms with van der Waals surface area (Å²) < 4.78 is 0. The first kappa shape index (κ1) is 14.5. The molecule has 2 rings (SSSR count). The summed E-state index contributed by atoms with van der Waals surface area (Å²) in [5.74, 6) is -1.00. The molecule has 1 amide bonds. The number of nitrogens with zero attached hydrogens (tertiary/aromatic N) is 1. The van der Waals surface area contributed by atoms with Gasteiger partial charge < -0.3 is 16.2 Å². The second kappa shape index (κ2) is 6.47. The lowest BCUT2D eigenvalue weighted by atomic mass is 9.85. The first-order valence-corrected chi connectivity index (χ1v) is 6.78. The van der Waals surface area contributed by atoms with E-state index in [1.54, 1.807) is 12.1 Å². The minimum atomic E-state index is -0.925. The highest BCUT2D eigenvalue weighted by molar-refractivity contribution is 5.92. The van der Waals surface area contributed by atoms with Crippen molar-refractivity contribution in [2.45, 2.75) is 38.1 Å². The maximum atomic E-state index is 12.1. The third-order valence-corrected chi connectivity index (χ3v) is 3.51. The largest absolute Gasteiger partial charge is 0.481 e. The summed E-state index contributed by atoms with van der Waals surface area (Å²) in [7, 11) is 0. The standard InChI is InChI=1S/C14H19N3O3/c15-10-3-1-2-9(6-10)14(20)17-12-5-4-11(16-8-12)7-13(18)19/h4-5,8-10H,1-3,6-7,15H2,(H,17,20)(H,18,19). The molecule has 108 valence electrons. The number of nitrogens with one attached hydrogen (secondary N) is 1. The van der Waals surface area contributed by atoms with Crippen molar-refractivity contribution >= 4 is 17.6 Å². The number of carbonyl (C=O) groups is 2. The van der Waals surface area contributed by atoms with Crippen molar-refractivity contribution in [2.75, 3.05) is 5.32 Å². The Hall–Kier alpha value is -1.95. The highest BCUT2D eigenvalue weighted by Gasteiger charge is 2.25. The Kier molecular flexibility index (Phi) is 4.68. The summed E-state index contributed by atoms with van der Waals surface area (Å²) >= 11 is 0. The Balaban J connectivity index is 1.92. The van der Waals surface area contributed by atoms with Gasteiger partial charge in [0.05, 0.1) is 24.0 Å². The van der Waals surface area contributed by atoms with E-state index < -0.39 is 5.97 Å². The van der Waals surface area contributed by atoms with E-state index in [-0.39, 0.29) is 24.3 Å². The summed E-state index contributed by atoms with van der Waals surface area (Å²) in [5, 5.41) is 11.5. The van der Waals surface area contributed by atoms with Crippen LogP contribution in [-0.4, -0.2) is 28.0 Å². The highest BCUT2D eigenvalue weighted by atomic mass is 16.4. The monoisotopic (exact) mass is 277 g/mol. The molecule has 0 aromatic carbocycles. The molecule has 1 aromatic rings. The Morgan fingerprint density at radius 3 is 2.80 bits per heavy atom. The van der Waals surface area contributed by atoms with Crippen molar-refractivity contribution in [1.82, 2.24) is 4.98 Å². The number of nitrogens with two attached hydrogens (primary N) is 1. The fraction of sp³-hybridized carbons (Fsp3) is 0.500. The van der Waals surface area contributed by atoms with Crippen LogP contribution in [0.15, 0.2) is 18.3 Å². The predicted molar refractivity (Wildman–Crippen MR) is 74.1 cm³/mol. The first-order valence-electron chi connectivity index (χ1n) is 6.78. The van der Waals surface area contributed by atoms with Crippen molar-refractivity contribution in [2.24, 2.45) is 11.7 Å². The van der Waals surface area contributed by atoms with Crippen LogP contribution in [0.2, 0.25) is 0 Å². The van der Waals surface area contributed by atoms with Gasteiger partial charge in [-0.2, -0.15) is 0 Å². The molecule has 20 heavy (non-hydrogen) atoms. The number of anilines is 1. The van der Waals surface area contributed by atoms with Gasteiger partial charge in [0.1, 0.15) is 0 Å². The molecule has 2 unspecified atom stereocenters. The number of hydrogen-bond acceptors (Lipinski definition) is 4. The Labute approximate surface area is 117 Å². The van der Waals surface area contributed by atoms with Crippen LogP contribution in [0.1, 0.15) is 31.4 Å². The second-order valence-corrected chi connectivity index (χ2v) is 5.22. The van der Waals surface area contributed by atoms with Gasteiger partial charge in [-0.15, -0.1) is 0 Å². The number of hydrogen-bond donors (Lipinski definition) is 3. The van der Waals surface area contributed by atoms with Gasteiger partial charge in [0.2, 0.25) is 5.91 Å². The van der Waals surface area contributed by atoms with Crippen LogP contribution in [0.25, 0.3) is 0 Å². The molecule has 1 saturated carbocycles. The summed E-state index contributed by atoms with van der Waals surface area (Å²) in [6.07, 6.45) is 4.91. The van der Waals surface area contributed by atoms with E-state index >= 15 is 0 Å². The third-order valence-electron chi connectivity index (χ3n) is 3.51. The molecule has 0 saturated heterocycles. The first-order chi connectivity index (χ1) is 9.54. The minimum absolute atomic E-state index is 0.0343. The molecule has 1 heterocycles. The van der Waals surface area contributed by atoms with Gasteiger partial charge in [-0.25, -0.2) is 0 Å². The smallest absolute Gasteiger partial charge is 0.309 e. The van der Waals surface area contributed by atoms with Crippen LogP contribution in [0, 0.1) is 5.92 Å². The predicted octanol–water partition coefficient (Wildman–Crippen LogP) is 1.16. The van der Waals surface area contributed by atoms with E-state index in [1.165, 1.54) is 6.20 Å². The number of amides is 1. The average molecular weight is 277 g/mol. The molecule has 1 fully saturated rings. The van der Waals surface area contributed by atoms with E-state index in [2.05, 4.69) is 10.3 Å². The molecular formula is C14H19N3O3. The van der Waals surface area contributed by atoms with Gasteiger partial charge in [0, 0.05) is 12.0 Å². The zero-order chi connectivity index (χ0) is 14.5. The normalized spacial score (nSPS) is 22.2. The fourth-order valence-electron chi connectivity index (χ4n) is 2.47. The number of aromatic nitrogens is 1. The van der Waals surface area contributed by atoms with Crippen molar-refractivity contribution in [3.8, 4) is 0 Å². The molecule has 2 atom stereocenters. The number of rotatable bonds is 4. The van der Waals surface area contributed by atoms with Crippen LogP contribution in [0.3, 0.4) is 0 Å². The fourth-order valence-corrected chi connectivity index (χ4v) is 2.47. The van der Waals surface area contributed by atoms with Crippen molar-refractivity contribution in [1.29, 1.82) is 0 Å². The molecule has 0 bridgehead atoms. The molecule has 0 spiro atoms. The maximum absolute atomic E-state index is 12.1. The molecule has 4 N–H and O–H groups in total. The Morgan fingerprint density at radius 2 is 2.20 bits per heavy atom. The summed E-state index contributed by atoms with van der Waals surface area (Å²) in [6.45, 7) is 0. The van der Waals surface area contributed by atoms with Crippen LogP contribution in [0.4, 0.5) is 5.69 Å². The van der Waals surface area contributed by atoms with Crippen LogP contribution < -0.4 is 11.1 Å². The van der Waals surface area contributed by atoms with E-state index in [1.807, 2.05) is 0 Å². The number of carboxylic acid groups (broad SMARTS) is 1. The minimum Gasteiger partial charge on any atom is -0.481 e. The van der Waals surface area contributed by atoms with Crippen LogP contribution in [0.5, 0.6) is 0 Å². The molecular weight excluding hydrogens is 258 g/mol. The van der Waals surface area contributed by atoms with Gasteiger partial charge in [-0.05, 0) is 31.4 Å². The molecule has 6 heteroatoms. The number of aliphatic carboxylic acids is 1. The Bertz CT molecular complexity index is 487. The average Bonchev–Trinajstić information content (AvgIpc) is 2.40. The summed E-state index contributed by atoms with van der Waals surface area (Å²) in [5.41, 5.74) is 6.93. The number of carbonyl (C=O) groups excluding carboxylic acids is 1. The molecule has 1 aromatic heterocycles. The number of carboxylic acids is 1. The van der Waals surface area contributed by atoms with Gasteiger partial charge in [-0.1, -0.05) is 6.42 Å². The quantitative estimate of drug-likeness (QED) is 0.766. The molecule has 1 aliphatic rings. The van der Waals surface area contributed by atoms with E-state index in [4.69, 9.17) is 10.8 Å². The summed E-state index contributed by atoms with van der Waals surface area (Å²) in [4.78, 5) is 26.6. The van der Waals surface area contributed by atoms with Gasteiger partial charge in [0.25, 0.3) is 0 Å². The van der Waals surface area contributed by atoms with Crippen LogP contribution >= 0.6 is 0 Å². The van der Waals surface area contributed by atoms with E-state index in [0.717, 1.165) is 25.7 Å². The van der Waals surface area contributed by atoms with Crippen molar-refractivity contribution < 1.29 is 14.7 Å². The number of pyridine rings is 1. The lowest BCUT2D eigenvalue weighted by Gasteiger charge is -2.25.